The molecule has 21 nitrogen and oxygen atoms in total. The highest BCUT2D eigenvalue weighted by molar-refractivity contribution is 5.90. The van der Waals surface area contributed by atoms with Crippen molar-refractivity contribution in [1.29, 1.82) is 0 Å². The molecule has 19 atom stereocenters. The fourth-order valence-electron chi connectivity index (χ4n) is 10.5. The van der Waals surface area contributed by atoms with E-state index in [9.17, 15) is 55.5 Å². The van der Waals surface area contributed by atoms with Crippen molar-refractivity contribution in [3.8, 4) is 0 Å². The van der Waals surface area contributed by atoms with Crippen molar-refractivity contribution in [1.82, 2.24) is 4.90 Å². The number of fused-ring (bicyclic) bond motifs is 3. The summed E-state index contributed by atoms with van der Waals surface area (Å²) in [6.07, 6.45) is -12.4. The molecule has 1 aromatic carbocycles. The molecule has 3 saturated heterocycles. The van der Waals surface area contributed by atoms with E-state index in [1.54, 1.807) is 0 Å². The molecule has 7 aliphatic heterocycles. The molecular formula is C44H56N2O19. The number of aliphatic hydroxyl groups excluding tert-OH is 8. The van der Waals surface area contributed by atoms with Crippen LogP contribution >= 0.6 is 0 Å². The maximum Gasteiger partial charge on any atom is 0.337 e. The summed E-state index contributed by atoms with van der Waals surface area (Å²) in [6, 6.07) is 6.58. The highest BCUT2D eigenvalue weighted by Crippen LogP contribution is 2.57. The average Bonchev–Trinajstić information content (AvgIpc) is 3.80. The summed E-state index contributed by atoms with van der Waals surface area (Å²) in [7, 11) is 2.39. The largest absolute Gasteiger partial charge is 0.471 e. The second-order valence-corrected chi connectivity index (χ2v) is 17.1. The molecule has 3 fully saturated rings. The van der Waals surface area contributed by atoms with Crippen LogP contribution in [0.1, 0.15) is 18.4 Å². The highest BCUT2D eigenvalue weighted by Gasteiger charge is 2.62. The molecule has 0 aromatic heterocycles. The standard InChI is InChI=1S/C44H56N2O19/c1-5-19-21(23(37(55)58-3)17-60-39(19)64-41-35(53)33(51)31(49)28(15-47)62-41)13-27-22(14-46-26-10-8-7-9-25(26)44(57)11-12-45(27)43(44)46)30-20(6-2)40(61-18-24(30)38(56)59-4)65-42-36(54)34(52)32(50)29(16-48)63-42/h5-10,14,17-21,27-36,39-43,47-54,57H,1-2,11-13,15-16H2,3-4H3. The monoisotopic (exact) mass is 916 g/mol. The predicted molar refractivity (Wildman–Crippen MR) is 218 cm³/mol. The van der Waals surface area contributed by atoms with Gasteiger partial charge in [0.25, 0.3) is 0 Å². The summed E-state index contributed by atoms with van der Waals surface area (Å²) in [5.74, 6) is -5.41. The number of methoxy groups -OCH3 is 2. The quantitative estimate of drug-likeness (QED) is 0.0741. The molecule has 9 N–H and O–H groups in total. The zero-order chi connectivity index (χ0) is 46.6. The second kappa shape index (κ2) is 18.8. The Hall–Kier alpha value is -4.30. The van der Waals surface area contributed by atoms with Crippen molar-refractivity contribution in [3.63, 3.8) is 0 Å². The Balaban J connectivity index is 1.22. The van der Waals surface area contributed by atoms with Crippen molar-refractivity contribution in [2.75, 3.05) is 38.9 Å². The molecule has 21 heteroatoms. The van der Waals surface area contributed by atoms with Gasteiger partial charge in [-0.1, -0.05) is 30.4 Å². The van der Waals surface area contributed by atoms with E-state index in [1.807, 2.05) is 35.4 Å². The number of aliphatic hydroxyl groups is 9. The molecule has 0 saturated carbocycles. The SMILES string of the molecule is C=CC1C(OC2OC(CO)C(O)C(O)C2O)OC=C(C(=O)OC)C1CC1C(C2C(C(=O)OC)=COC(OC3OC(CO)C(O)C(O)C3O)C2C=C)=CN2c3ccccc3C3(O)CCN1C23. The number of para-hydroxylation sites is 1. The predicted octanol–water partition coefficient (Wildman–Crippen LogP) is -2.32. The Labute approximate surface area is 373 Å². The van der Waals surface area contributed by atoms with Gasteiger partial charge in [-0.05, 0) is 24.5 Å². The van der Waals surface area contributed by atoms with Crippen molar-refractivity contribution in [2.24, 2.45) is 23.7 Å². The number of esters is 2. The lowest BCUT2D eigenvalue weighted by Crippen LogP contribution is -2.61. The van der Waals surface area contributed by atoms with Crippen LogP contribution in [0, 0.1) is 23.7 Å². The Morgan fingerprint density at radius 3 is 1.86 bits per heavy atom. The number of rotatable bonds is 13. The Morgan fingerprint density at radius 1 is 0.769 bits per heavy atom. The third kappa shape index (κ3) is 7.89. The van der Waals surface area contributed by atoms with E-state index >= 15 is 0 Å². The first-order valence-electron chi connectivity index (χ1n) is 21.3. The molecule has 356 valence electrons. The number of nitrogens with zero attached hydrogens (tertiary/aromatic N) is 2. The molecule has 7 aliphatic rings. The molecular weight excluding hydrogens is 860 g/mol. The normalized spacial score (nSPS) is 42.3. The number of hydrogen-bond donors (Lipinski definition) is 9. The van der Waals surface area contributed by atoms with Gasteiger partial charge in [-0.15, -0.1) is 13.2 Å². The minimum absolute atomic E-state index is 0.0162. The number of benzene rings is 1. The Kier molecular flexibility index (Phi) is 13.6. The Bertz CT molecular complexity index is 2060. The highest BCUT2D eigenvalue weighted by atomic mass is 16.8. The van der Waals surface area contributed by atoms with E-state index in [-0.39, 0.29) is 24.0 Å². The van der Waals surface area contributed by atoms with Gasteiger partial charge in [-0.25, -0.2) is 9.59 Å². The van der Waals surface area contributed by atoms with Gasteiger partial charge < -0.3 is 88.8 Å². The molecule has 7 heterocycles. The lowest BCUT2D eigenvalue weighted by Gasteiger charge is -2.50. The van der Waals surface area contributed by atoms with Crippen LogP contribution in [0.4, 0.5) is 5.69 Å². The average molecular weight is 917 g/mol. The zero-order valence-corrected chi connectivity index (χ0v) is 35.5. The lowest BCUT2D eigenvalue weighted by molar-refractivity contribution is -0.339. The van der Waals surface area contributed by atoms with Crippen LogP contribution in [0.2, 0.25) is 0 Å². The maximum absolute atomic E-state index is 13.9. The number of anilines is 1. The van der Waals surface area contributed by atoms with Gasteiger partial charge in [0.1, 0.15) is 60.6 Å². The van der Waals surface area contributed by atoms with E-state index < -0.39 is 141 Å². The topological polar surface area (TPSA) is 297 Å². The first-order valence-corrected chi connectivity index (χ1v) is 21.3. The second-order valence-electron chi connectivity index (χ2n) is 17.1. The summed E-state index contributed by atoms with van der Waals surface area (Å²) in [6.45, 7) is 6.97. The van der Waals surface area contributed by atoms with E-state index in [1.165, 1.54) is 26.4 Å². The van der Waals surface area contributed by atoms with Crippen molar-refractivity contribution in [3.05, 3.63) is 90.6 Å². The molecule has 0 spiro atoms. The van der Waals surface area contributed by atoms with Gasteiger partial charge >= 0.3 is 11.9 Å². The Morgan fingerprint density at radius 2 is 1.31 bits per heavy atom. The maximum atomic E-state index is 13.9. The summed E-state index contributed by atoms with van der Waals surface area (Å²) in [5.41, 5.74) is 0.586. The van der Waals surface area contributed by atoms with Crippen molar-refractivity contribution < 1.29 is 93.4 Å². The van der Waals surface area contributed by atoms with Crippen molar-refractivity contribution in [2.45, 2.75) is 105 Å². The molecule has 19 unspecified atom stereocenters. The fourth-order valence-corrected chi connectivity index (χ4v) is 10.5. The van der Waals surface area contributed by atoms with Gasteiger partial charge in [0, 0.05) is 47.8 Å². The van der Waals surface area contributed by atoms with Gasteiger partial charge in [-0.3, -0.25) is 4.90 Å². The first kappa shape index (κ1) is 47.2. The summed E-state index contributed by atoms with van der Waals surface area (Å²) >= 11 is 0. The molecule has 0 amide bonds. The van der Waals surface area contributed by atoms with Gasteiger partial charge in [0.2, 0.25) is 12.6 Å². The van der Waals surface area contributed by atoms with Gasteiger partial charge in [0.05, 0.1) is 57.0 Å². The van der Waals surface area contributed by atoms with Crippen LogP contribution in [0.5, 0.6) is 0 Å². The van der Waals surface area contributed by atoms with Crippen LogP contribution in [-0.2, 0) is 53.1 Å². The molecule has 1 aromatic rings. The third-order valence-corrected chi connectivity index (χ3v) is 13.8. The van der Waals surface area contributed by atoms with Crippen molar-refractivity contribution >= 4 is 17.6 Å². The number of carbonyl (C=O) groups excluding carboxylic acids is 2. The van der Waals surface area contributed by atoms with E-state index in [0.29, 0.717) is 23.4 Å². The minimum atomic E-state index is -1.80. The lowest BCUT2D eigenvalue weighted by atomic mass is 9.71. The summed E-state index contributed by atoms with van der Waals surface area (Å²) in [4.78, 5) is 31.5. The molecule has 0 aliphatic carbocycles. The smallest absolute Gasteiger partial charge is 0.337 e. The fraction of sp³-hybridized carbons (Fsp3) is 0.591. The van der Waals surface area contributed by atoms with E-state index in [0.717, 1.165) is 12.5 Å². The molecule has 0 bridgehead atoms. The molecule has 8 rings (SSSR count). The van der Waals surface area contributed by atoms with E-state index in [4.69, 9.17) is 37.9 Å². The zero-order valence-electron chi connectivity index (χ0n) is 35.5. The van der Waals surface area contributed by atoms with Gasteiger partial charge in [-0.2, -0.15) is 0 Å². The van der Waals surface area contributed by atoms with Crippen LogP contribution in [0.25, 0.3) is 0 Å². The summed E-state index contributed by atoms with van der Waals surface area (Å²) in [5, 5.41) is 96.1. The van der Waals surface area contributed by atoms with Crippen LogP contribution < -0.4 is 4.90 Å². The van der Waals surface area contributed by atoms with E-state index in [2.05, 4.69) is 18.1 Å². The van der Waals surface area contributed by atoms with Crippen LogP contribution in [0.3, 0.4) is 0 Å². The van der Waals surface area contributed by atoms with Crippen LogP contribution in [0.15, 0.2) is 85.0 Å². The number of carbonyl (C=O) groups is 2. The van der Waals surface area contributed by atoms with Gasteiger partial charge in [0.15, 0.2) is 12.6 Å². The number of hydrogen-bond acceptors (Lipinski definition) is 21. The van der Waals surface area contributed by atoms with Crippen LogP contribution in [-0.4, -0.2) is 183 Å². The molecule has 65 heavy (non-hydrogen) atoms. The number of ether oxygens (including phenoxy) is 8. The summed E-state index contributed by atoms with van der Waals surface area (Å²) < 4.78 is 46.0. The minimum Gasteiger partial charge on any atom is -0.471 e. The molecule has 0 radical (unpaired) electrons. The first-order chi connectivity index (χ1) is 31.2. The third-order valence-electron chi connectivity index (χ3n) is 13.8.